The zero-order chi connectivity index (χ0) is 15.9. The van der Waals surface area contributed by atoms with Gasteiger partial charge in [0.2, 0.25) is 0 Å². The Bertz CT molecular complexity index is 466. The van der Waals surface area contributed by atoms with Gasteiger partial charge in [-0.3, -0.25) is 4.90 Å². The summed E-state index contributed by atoms with van der Waals surface area (Å²) in [5, 5.41) is 13.3. The van der Waals surface area contributed by atoms with E-state index in [1.807, 2.05) is 6.08 Å². The molecule has 0 aliphatic carbocycles. The number of allylic oxidation sites excluding steroid dienone is 1. The van der Waals surface area contributed by atoms with Crippen LogP contribution in [0.3, 0.4) is 0 Å². The molecule has 1 saturated heterocycles. The highest BCUT2D eigenvalue weighted by atomic mass is 16.3. The van der Waals surface area contributed by atoms with Crippen LogP contribution in [-0.2, 0) is 6.54 Å². The minimum Gasteiger partial charge on any atom is -0.393 e. The van der Waals surface area contributed by atoms with Gasteiger partial charge in [0.05, 0.1) is 6.10 Å². The third-order valence-corrected chi connectivity index (χ3v) is 4.74. The quantitative estimate of drug-likeness (QED) is 0.755. The van der Waals surface area contributed by atoms with Gasteiger partial charge in [0, 0.05) is 31.4 Å². The average molecular weight is 302 g/mol. The van der Waals surface area contributed by atoms with Crippen molar-refractivity contribution in [3.8, 4) is 0 Å². The fourth-order valence-corrected chi connectivity index (χ4v) is 2.97. The smallest absolute Gasteiger partial charge is 0.0564 e. The maximum absolute atomic E-state index is 9.63. The van der Waals surface area contributed by atoms with Crippen LogP contribution in [0.1, 0.15) is 38.7 Å². The lowest BCUT2D eigenvalue weighted by atomic mass is 9.99. The van der Waals surface area contributed by atoms with Gasteiger partial charge in [-0.05, 0) is 43.7 Å². The SMILES string of the molecule is C=CCC(C)C(C)Nc1ccccc1CN1CCC(O)CC1. The number of nitrogens with zero attached hydrogens (tertiary/aromatic N) is 1. The standard InChI is InChI=1S/C19H30N2O/c1-4-7-15(2)16(3)20-19-9-6-5-8-17(19)14-21-12-10-18(22)11-13-21/h4-6,8-9,15-16,18,20,22H,1,7,10-14H2,2-3H3. The number of hydrogen-bond donors (Lipinski definition) is 2. The molecule has 2 atom stereocenters. The van der Waals surface area contributed by atoms with Crippen LogP contribution in [0.5, 0.6) is 0 Å². The van der Waals surface area contributed by atoms with Crippen LogP contribution in [0.2, 0.25) is 0 Å². The normalized spacial score (nSPS) is 19.6. The summed E-state index contributed by atoms with van der Waals surface area (Å²) in [6.07, 6.45) is 4.70. The summed E-state index contributed by atoms with van der Waals surface area (Å²) in [4.78, 5) is 2.44. The summed E-state index contributed by atoms with van der Waals surface area (Å²) in [5.74, 6) is 0.565. The first-order valence-corrected chi connectivity index (χ1v) is 8.46. The van der Waals surface area contributed by atoms with Crippen LogP contribution < -0.4 is 5.32 Å². The monoisotopic (exact) mass is 302 g/mol. The van der Waals surface area contributed by atoms with E-state index < -0.39 is 0 Å². The van der Waals surface area contributed by atoms with Crippen molar-refractivity contribution in [3.05, 3.63) is 42.5 Å². The third-order valence-electron chi connectivity index (χ3n) is 4.74. The Hall–Kier alpha value is -1.32. The number of benzene rings is 1. The Kier molecular flexibility index (Phi) is 6.47. The molecule has 2 rings (SSSR count). The molecule has 3 nitrogen and oxygen atoms in total. The van der Waals surface area contributed by atoms with Crippen LogP contribution in [-0.4, -0.2) is 35.2 Å². The molecule has 3 heteroatoms. The summed E-state index contributed by atoms with van der Waals surface area (Å²) in [6.45, 7) is 11.3. The van der Waals surface area contributed by atoms with Crippen LogP contribution >= 0.6 is 0 Å². The second kappa shape index (κ2) is 8.35. The molecular formula is C19H30N2O. The number of nitrogens with one attached hydrogen (secondary N) is 1. The van der Waals surface area contributed by atoms with E-state index in [1.165, 1.54) is 11.3 Å². The maximum Gasteiger partial charge on any atom is 0.0564 e. The van der Waals surface area contributed by atoms with E-state index >= 15 is 0 Å². The van der Waals surface area contributed by atoms with Crippen LogP contribution in [0, 0.1) is 5.92 Å². The van der Waals surface area contributed by atoms with E-state index in [0.29, 0.717) is 12.0 Å². The van der Waals surface area contributed by atoms with E-state index in [-0.39, 0.29) is 6.10 Å². The Morgan fingerprint density at radius 3 is 2.68 bits per heavy atom. The number of aliphatic hydroxyl groups excluding tert-OH is 1. The van der Waals surface area contributed by atoms with Gasteiger partial charge in [0.25, 0.3) is 0 Å². The first-order valence-electron chi connectivity index (χ1n) is 8.46. The molecular weight excluding hydrogens is 272 g/mol. The predicted octanol–water partition coefficient (Wildman–Crippen LogP) is 3.66. The Morgan fingerprint density at radius 2 is 2.00 bits per heavy atom. The molecule has 0 radical (unpaired) electrons. The van der Waals surface area contributed by atoms with E-state index in [2.05, 4.69) is 54.9 Å². The van der Waals surface area contributed by atoms with Gasteiger partial charge in [0.1, 0.15) is 0 Å². The highest BCUT2D eigenvalue weighted by Crippen LogP contribution is 2.22. The minimum atomic E-state index is -0.107. The lowest BCUT2D eigenvalue weighted by molar-refractivity contribution is 0.0793. The molecule has 1 fully saturated rings. The fraction of sp³-hybridized carbons (Fsp3) is 0.579. The molecule has 2 unspecified atom stereocenters. The molecule has 0 amide bonds. The van der Waals surface area contributed by atoms with E-state index in [9.17, 15) is 5.11 Å². The summed E-state index contributed by atoms with van der Waals surface area (Å²) in [7, 11) is 0. The van der Waals surface area contributed by atoms with E-state index in [1.54, 1.807) is 0 Å². The zero-order valence-electron chi connectivity index (χ0n) is 14.0. The summed E-state index contributed by atoms with van der Waals surface area (Å²) in [5.41, 5.74) is 2.58. The van der Waals surface area contributed by atoms with Crippen molar-refractivity contribution in [1.29, 1.82) is 0 Å². The van der Waals surface area contributed by atoms with Gasteiger partial charge in [0.15, 0.2) is 0 Å². The van der Waals surface area contributed by atoms with Crippen LogP contribution in [0.25, 0.3) is 0 Å². The number of likely N-dealkylation sites (tertiary alicyclic amines) is 1. The topological polar surface area (TPSA) is 35.5 Å². The molecule has 22 heavy (non-hydrogen) atoms. The highest BCUT2D eigenvalue weighted by Gasteiger charge is 2.18. The number of piperidine rings is 1. The predicted molar refractivity (Wildman–Crippen MR) is 94.0 cm³/mol. The second-order valence-corrected chi connectivity index (χ2v) is 6.60. The van der Waals surface area contributed by atoms with Crippen molar-refractivity contribution in [2.45, 2.75) is 51.8 Å². The maximum atomic E-state index is 9.63. The number of hydrogen-bond acceptors (Lipinski definition) is 3. The summed E-state index contributed by atoms with van der Waals surface area (Å²) < 4.78 is 0. The average Bonchev–Trinajstić information content (AvgIpc) is 2.51. The van der Waals surface area contributed by atoms with Crippen molar-refractivity contribution in [1.82, 2.24) is 4.90 Å². The van der Waals surface area contributed by atoms with Gasteiger partial charge < -0.3 is 10.4 Å². The van der Waals surface area contributed by atoms with Crippen molar-refractivity contribution in [3.63, 3.8) is 0 Å². The Balaban J connectivity index is 1.98. The van der Waals surface area contributed by atoms with Crippen molar-refractivity contribution in [2.75, 3.05) is 18.4 Å². The molecule has 0 bridgehead atoms. The van der Waals surface area contributed by atoms with Gasteiger partial charge in [-0.15, -0.1) is 6.58 Å². The molecule has 1 aliphatic heterocycles. The first kappa shape index (κ1) is 17.0. The van der Waals surface area contributed by atoms with Gasteiger partial charge in [-0.2, -0.15) is 0 Å². The lowest BCUT2D eigenvalue weighted by Crippen LogP contribution is -2.35. The van der Waals surface area contributed by atoms with Gasteiger partial charge >= 0.3 is 0 Å². The third kappa shape index (κ3) is 4.85. The Labute approximate surface area is 135 Å². The van der Waals surface area contributed by atoms with E-state index in [4.69, 9.17) is 0 Å². The van der Waals surface area contributed by atoms with Crippen molar-refractivity contribution >= 4 is 5.69 Å². The molecule has 2 N–H and O–H groups in total. The lowest BCUT2D eigenvalue weighted by Gasteiger charge is -2.30. The fourth-order valence-electron chi connectivity index (χ4n) is 2.97. The van der Waals surface area contributed by atoms with Gasteiger partial charge in [-0.25, -0.2) is 0 Å². The molecule has 0 aromatic heterocycles. The molecule has 1 aromatic rings. The number of aliphatic hydroxyl groups is 1. The van der Waals surface area contributed by atoms with E-state index in [0.717, 1.165) is 38.9 Å². The molecule has 0 saturated carbocycles. The zero-order valence-corrected chi connectivity index (χ0v) is 14.0. The molecule has 0 spiro atoms. The summed E-state index contributed by atoms with van der Waals surface area (Å²) >= 11 is 0. The van der Waals surface area contributed by atoms with Gasteiger partial charge in [-0.1, -0.05) is 31.2 Å². The largest absolute Gasteiger partial charge is 0.393 e. The number of anilines is 1. The Morgan fingerprint density at radius 1 is 1.32 bits per heavy atom. The number of rotatable bonds is 7. The van der Waals surface area contributed by atoms with Crippen LogP contribution in [0.4, 0.5) is 5.69 Å². The molecule has 1 aliphatic rings. The summed E-state index contributed by atoms with van der Waals surface area (Å²) in [6, 6.07) is 9.00. The van der Waals surface area contributed by atoms with Crippen molar-refractivity contribution < 1.29 is 5.11 Å². The van der Waals surface area contributed by atoms with Crippen molar-refractivity contribution in [2.24, 2.45) is 5.92 Å². The molecule has 122 valence electrons. The number of para-hydroxylation sites is 1. The van der Waals surface area contributed by atoms with Crippen LogP contribution in [0.15, 0.2) is 36.9 Å². The minimum absolute atomic E-state index is 0.107. The second-order valence-electron chi connectivity index (χ2n) is 6.60. The molecule has 1 heterocycles. The highest BCUT2D eigenvalue weighted by molar-refractivity contribution is 5.51. The molecule has 1 aromatic carbocycles. The first-order chi connectivity index (χ1) is 10.6.